The summed E-state index contributed by atoms with van der Waals surface area (Å²) in [4.78, 5) is 28.6. The van der Waals surface area contributed by atoms with Gasteiger partial charge in [0.15, 0.2) is 0 Å². The summed E-state index contributed by atoms with van der Waals surface area (Å²) in [7, 11) is 0. The number of nitrogens with zero attached hydrogens (tertiary/aromatic N) is 2. The van der Waals surface area contributed by atoms with Crippen molar-refractivity contribution in [2.75, 3.05) is 19.6 Å². The monoisotopic (exact) mass is 348 g/mol. The second-order valence-corrected chi connectivity index (χ2v) is 8.07. The number of carbonyl (C=O) groups excluding carboxylic acids is 2. The van der Waals surface area contributed by atoms with Gasteiger partial charge < -0.3 is 9.80 Å². The Morgan fingerprint density at radius 2 is 2.08 bits per heavy atom. The van der Waals surface area contributed by atoms with E-state index in [2.05, 4.69) is 25.1 Å². The Labute approximate surface area is 149 Å². The highest BCUT2D eigenvalue weighted by atomic mass is 32.2. The van der Waals surface area contributed by atoms with Crippen LogP contribution in [-0.4, -0.2) is 46.5 Å². The van der Waals surface area contributed by atoms with Crippen molar-refractivity contribution in [2.24, 2.45) is 5.92 Å². The van der Waals surface area contributed by atoms with Crippen molar-refractivity contribution in [1.82, 2.24) is 9.80 Å². The normalized spacial score (nSPS) is 20.8. The third kappa shape index (κ3) is 4.12. The van der Waals surface area contributed by atoms with Crippen molar-refractivity contribution in [3.05, 3.63) is 35.4 Å². The van der Waals surface area contributed by atoms with Gasteiger partial charge in [0.25, 0.3) is 0 Å². The molecule has 4 nitrogen and oxygen atoms in total. The molecular weight excluding hydrogens is 320 g/mol. The summed E-state index contributed by atoms with van der Waals surface area (Å²) in [5, 5.41) is 0.00615. The number of hydrogen-bond acceptors (Lipinski definition) is 3. The van der Waals surface area contributed by atoms with E-state index in [0.717, 1.165) is 5.56 Å². The Balaban J connectivity index is 2.13. The fourth-order valence-corrected chi connectivity index (χ4v) is 4.30. The van der Waals surface area contributed by atoms with Gasteiger partial charge in [0, 0.05) is 25.6 Å². The van der Waals surface area contributed by atoms with Gasteiger partial charge in [-0.15, -0.1) is 11.8 Å². The quantitative estimate of drug-likeness (QED) is 0.790. The van der Waals surface area contributed by atoms with Crippen LogP contribution in [0.5, 0.6) is 0 Å². The highest BCUT2D eigenvalue weighted by Crippen LogP contribution is 2.42. The first-order chi connectivity index (χ1) is 11.3. The highest BCUT2D eigenvalue weighted by Gasteiger charge is 2.38. The zero-order valence-corrected chi connectivity index (χ0v) is 16.1. The molecule has 2 amide bonds. The summed E-state index contributed by atoms with van der Waals surface area (Å²) in [6, 6.07) is 8.34. The second-order valence-electron chi connectivity index (χ2n) is 6.65. The molecule has 0 saturated carbocycles. The van der Waals surface area contributed by atoms with Crippen LogP contribution >= 0.6 is 11.8 Å². The van der Waals surface area contributed by atoms with Crippen LogP contribution in [0.15, 0.2) is 24.3 Å². The van der Waals surface area contributed by atoms with Crippen molar-refractivity contribution in [3.63, 3.8) is 0 Å². The van der Waals surface area contributed by atoms with Crippen LogP contribution in [0, 0.1) is 12.8 Å². The number of hydrogen-bond donors (Lipinski definition) is 0. The van der Waals surface area contributed by atoms with Crippen molar-refractivity contribution < 1.29 is 9.59 Å². The van der Waals surface area contributed by atoms with Gasteiger partial charge in [0.05, 0.1) is 5.25 Å². The van der Waals surface area contributed by atoms with Crippen LogP contribution in [0.4, 0.5) is 0 Å². The maximum atomic E-state index is 12.6. The largest absolute Gasteiger partial charge is 0.341 e. The van der Waals surface area contributed by atoms with E-state index in [1.54, 1.807) is 11.8 Å². The smallest absolute Gasteiger partial charge is 0.236 e. The topological polar surface area (TPSA) is 40.6 Å². The number of rotatable bonds is 6. The van der Waals surface area contributed by atoms with E-state index >= 15 is 0 Å². The summed E-state index contributed by atoms with van der Waals surface area (Å²) < 4.78 is 0. The van der Waals surface area contributed by atoms with E-state index in [1.165, 1.54) is 5.56 Å². The third-order valence-electron chi connectivity index (χ3n) is 4.37. The van der Waals surface area contributed by atoms with Crippen molar-refractivity contribution in [1.29, 1.82) is 0 Å². The van der Waals surface area contributed by atoms with Crippen LogP contribution in [0.25, 0.3) is 0 Å². The predicted octanol–water partition coefficient (Wildman–Crippen LogP) is 3.46. The van der Waals surface area contributed by atoms with Gasteiger partial charge in [-0.1, -0.05) is 43.7 Å². The molecule has 0 aliphatic carbocycles. The molecule has 0 aromatic heterocycles. The first-order valence-corrected chi connectivity index (χ1v) is 9.60. The lowest BCUT2D eigenvalue weighted by Crippen LogP contribution is -2.42. The van der Waals surface area contributed by atoms with Gasteiger partial charge in [-0.05, 0) is 26.3 Å². The molecule has 1 aromatic carbocycles. The standard InChI is InChI=1S/C19H28N2O2S/c1-6-20(17(22)13(2)3)10-11-21-18(23)15(5)24-19(21)16-9-7-8-14(4)12-16/h7-9,12-13,15,19H,6,10-11H2,1-5H3/t15-,19+/m1/s1. The Kier molecular flexibility index (Phi) is 6.33. The zero-order valence-electron chi connectivity index (χ0n) is 15.3. The molecule has 2 rings (SSSR count). The SMILES string of the molecule is CCN(CCN1C(=O)[C@@H](C)S[C@H]1c1cccc(C)c1)C(=O)C(C)C. The minimum absolute atomic E-state index is 0.0138. The van der Waals surface area contributed by atoms with Crippen LogP contribution in [0.3, 0.4) is 0 Å². The minimum Gasteiger partial charge on any atom is -0.341 e. The van der Waals surface area contributed by atoms with E-state index in [-0.39, 0.29) is 28.4 Å². The predicted molar refractivity (Wildman–Crippen MR) is 99.8 cm³/mol. The van der Waals surface area contributed by atoms with Gasteiger partial charge >= 0.3 is 0 Å². The summed E-state index contributed by atoms with van der Waals surface area (Å²) in [5.41, 5.74) is 2.36. The molecule has 132 valence electrons. The fourth-order valence-electron chi connectivity index (χ4n) is 3.00. The van der Waals surface area contributed by atoms with E-state index in [9.17, 15) is 9.59 Å². The molecule has 0 spiro atoms. The fraction of sp³-hybridized carbons (Fsp3) is 0.579. The second kappa shape index (κ2) is 8.06. The molecule has 0 bridgehead atoms. The number of aryl methyl sites for hydroxylation is 1. The number of likely N-dealkylation sites (N-methyl/N-ethyl adjacent to an activating group) is 1. The first kappa shape index (κ1) is 18.8. The van der Waals surface area contributed by atoms with Gasteiger partial charge in [0.1, 0.15) is 5.37 Å². The van der Waals surface area contributed by atoms with E-state index in [1.807, 2.05) is 43.6 Å². The average molecular weight is 349 g/mol. The van der Waals surface area contributed by atoms with Crippen molar-refractivity contribution in [2.45, 2.75) is 45.2 Å². The molecule has 24 heavy (non-hydrogen) atoms. The summed E-state index contributed by atoms with van der Waals surface area (Å²) in [6.45, 7) is 11.7. The number of thioether (sulfide) groups is 1. The molecule has 2 atom stereocenters. The zero-order chi connectivity index (χ0) is 17.9. The van der Waals surface area contributed by atoms with Gasteiger partial charge in [-0.2, -0.15) is 0 Å². The molecule has 1 saturated heterocycles. The van der Waals surface area contributed by atoms with Crippen LogP contribution in [-0.2, 0) is 9.59 Å². The number of benzene rings is 1. The highest BCUT2D eigenvalue weighted by molar-refractivity contribution is 8.01. The van der Waals surface area contributed by atoms with Crippen LogP contribution in [0.1, 0.15) is 44.2 Å². The summed E-state index contributed by atoms with van der Waals surface area (Å²) >= 11 is 1.69. The Morgan fingerprint density at radius 3 is 2.67 bits per heavy atom. The van der Waals surface area contributed by atoms with E-state index in [0.29, 0.717) is 19.6 Å². The molecule has 0 unspecified atom stereocenters. The number of carbonyl (C=O) groups is 2. The molecule has 0 N–H and O–H groups in total. The first-order valence-electron chi connectivity index (χ1n) is 8.66. The van der Waals surface area contributed by atoms with Gasteiger partial charge in [-0.25, -0.2) is 0 Å². The molecule has 1 fully saturated rings. The minimum atomic E-state index is -0.0358. The molecule has 5 heteroatoms. The maximum Gasteiger partial charge on any atom is 0.236 e. The Hall–Kier alpha value is -1.49. The summed E-state index contributed by atoms with van der Waals surface area (Å²) in [5.74, 6) is 0.302. The van der Waals surface area contributed by atoms with Gasteiger partial charge in [0.2, 0.25) is 11.8 Å². The molecule has 1 heterocycles. The van der Waals surface area contributed by atoms with Crippen molar-refractivity contribution >= 4 is 23.6 Å². The number of amides is 2. The Morgan fingerprint density at radius 1 is 1.38 bits per heavy atom. The maximum absolute atomic E-state index is 12.6. The van der Waals surface area contributed by atoms with Crippen molar-refractivity contribution in [3.8, 4) is 0 Å². The lowest BCUT2D eigenvalue weighted by Gasteiger charge is -2.29. The average Bonchev–Trinajstić information content (AvgIpc) is 2.83. The van der Waals surface area contributed by atoms with E-state index < -0.39 is 0 Å². The molecule has 1 aliphatic heterocycles. The molecular formula is C19H28N2O2S. The van der Waals surface area contributed by atoms with Gasteiger partial charge in [-0.3, -0.25) is 9.59 Å². The lowest BCUT2D eigenvalue weighted by atomic mass is 10.1. The van der Waals surface area contributed by atoms with E-state index in [4.69, 9.17) is 0 Å². The Bertz CT molecular complexity index is 603. The van der Waals surface area contributed by atoms with Crippen LogP contribution < -0.4 is 0 Å². The molecule has 1 aliphatic rings. The molecule has 1 aromatic rings. The summed E-state index contributed by atoms with van der Waals surface area (Å²) in [6.07, 6.45) is 0. The lowest BCUT2D eigenvalue weighted by molar-refractivity contribution is -0.136. The molecule has 0 radical (unpaired) electrons. The third-order valence-corrected chi connectivity index (χ3v) is 5.77. The van der Waals surface area contributed by atoms with Crippen LogP contribution in [0.2, 0.25) is 0 Å².